The van der Waals surface area contributed by atoms with Gasteiger partial charge in [0.25, 0.3) is 14.1 Å². The van der Waals surface area contributed by atoms with Gasteiger partial charge in [-0.05, 0) is 105 Å². The van der Waals surface area contributed by atoms with Crippen LogP contribution in [0.3, 0.4) is 0 Å². The van der Waals surface area contributed by atoms with E-state index in [-0.39, 0.29) is 38.3 Å². The van der Waals surface area contributed by atoms with Crippen molar-refractivity contribution >= 4 is 8.53 Å². The predicted molar refractivity (Wildman–Crippen MR) is 205 cm³/mol. The molecule has 1 aliphatic rings. The van der Waals surface area contributed by atoms with E-state index < -0.39 is 38.2 Å². The molecule has 53 heavy (non-hydrogen) atoms. The van der Waals surface area contributed by atoms with Gasteiger partial charge in [-0.3, -0.25) is 14.3 Å². The number of methoxy groups -OCH3 is 2. The van der Waals surface area contributed by atoms with Crippen molar-refractivity contribution in [2.24, 2.45) is 0 Å². The van der Waals surface area contributed by atoms with Crippen molar-refractivity contribution in [2.45, 2.75) is 84.6 Å². The third-order valence-corrected chi connectivity index (χ3v) is 11.0. The lowest BCUT2D eigenvalue weighted by Crippen LogP contribution is -2.35. The maximum atomic E-state index is 12.9. The van der Waals surface area contributed by atoms with Crippen LogP contribution >= 0.6 is 8.53 Å². The number of aromatic nitrogens is 2. The average Bonchev–Trinajstić information content (AvgIpc) is 3.56. The standard InChI is InChI=1S/C40H49N4O8P/c1-26(2)44(27(3)4)53(50-18-8-17-41)51-25-37-36(22-38(52-37)43-23-28(5)39(45)42-40(43)46)49-24-29-19-32(30-9-13-34(47-6)14-10-30)21-33(20-29)31-11-15-35(48-7)16-12-31/h9-16,19-21,23,26-27,36-38H,8,18,22,24-25H2,1-7H3,(H,42,45,46)/t36-,37+,38-,53?/m0/s1. The molecule has 0 amide bonds. The molecule has 1 aromatic heterocycles. The number of aryl methyl sites for hydroxylation is 1. The lowest BCUT2D eigenvalue weighted by atomic mass is 9.96. The van der Waals surface area contributed by atoms with Crippen molar-refractivity contribution in [1.82, 2.24) is 14.2 Å². The van der Waals surface area contributed by atoms with Crippen molar-refractivity contribution in [3.05, 3.63) is 105 Å². The van der Waals surface area contributed by atoms with Gasteiger partial charge in [0.15, 0.2) is 0 Å². The van der Waals surface area contributed by atoms with Gasteiger partial charge in [0.1, 0.15) is 23.8 Å². The van der Waals surface area contributed by atoms with E-state index in [1.54, 1.807) is 21.1 Å². The van der Waals surface area contributed by atoms with E-state index >= 15 is 0 Å². The number of benzene rings is 3. The highest BCUT2D eigenvalue weighted by atomic mass is 31.2. The summed E-state index contributed by atoms with van der Waals surface area (Å²) in [6, 6.07) is 24.6. The SMILES string of the molecule is COc1ccc(-c2cc(CO[C@H]3C[C@@H](n4cc(C)c(=O)[nH]c4=O)O[C@@H]3COP(OCCC#N)N(C(C)C)C(C)C)cc(-c3ccc(OC)cc3)c2)cc1. The Bertz CT molecular complexity index is 1880. The van der Waals surface area contributed by atoms with Gasteiger partial charge in [0, 0.05) is 30.3 Å². The molecule has 1 N–H and O–H groups in total. The molecule has 4 aromatic rings. The molecule has 1 unspecified atom stereocenters. The third kappa shape index (κ3) is 10.2. The number of H-pyrrole nitrogens is 1. The number of nitrogens with one attached hydrogen (secondary N) is 1. The molecule has 13 heteroatoms. The molecule has 3 aromatic carbocycles. The monoisotopic (exact) mass is 744 g/mol. The summed E-state index contributed by atoms with van der Waals surface area (Å²) in [5, 5.41) is 9.16. The number of rotatable bonds is 17. The van der Waals surface area contributed by atoms with Crippen LogP contribution in [0.25, 0.3) is 22.3 Å². The molecule has 0 spiro atoms. The maximum Gasteiger partial charge on any atom is 0.330 e. The lowest BCUT2D eigenvalue weighted by molar-refractivity contribution is -0.0632. The fraction of sp³-hybridized carbons (Fsp3) is 0.425. The molecule has 0 saturated carbocycles. The highest BCUT2D eigenvalue weighted by molar-refractivity contribution is 7.44. The zero-order valence-corrected chi connectivity index (χ0v) is 32.3. The van der Waals surface area contributed by atoms with E-state index in [1.165, 1.54) is 10.8 Å². The molecular formula is C40H49N4O8P. The number of aromatic amines is 1. The first kappa shape index (κ1) is 39.9. The van der Waals surface area contributed by atoms with Crippen LogP contribution in [0, 0.1) is 18.3 Å². The minimum atomic E-state index is -1.54. The van der Waals surface area contributed by atoms with Crippen molar-refractivity contribution in [2.75, 3.05) is 27.4 Å². The highest BCUT2D eigenvalue weighted by Gasteiger charge is 2.39. The van der Waals surface area contributed by atoms with Gasteiger partial charge in [0.2, 0.25) is 0 Å². The van der Waals surface area contributed by atoms with E-state index in [2.05, 4.69) is 61.6 Å². The Morgan fingerprint density at radius 1 is 0.906 bits per heavy atom. The normalized spacial score (nSPS) is 17.7. The maximum absolute atomic E-state index is 12.9. The minimum absolute atomic E-state index is 0.119. The van der Waals surface area contributed by atoms with E-state index in [0.29, 0.717) is 12.0 Å². The number of ether oxygens (including phenoxy) is 4. The smallest absolute Gasteiger partial charge is 0.330 e. The zero-order chi connectivity index (χ0) is 38.1. The quantitative estimate of drug-likeness (QED) is 0.0863. The number of hydrogen-bond donors (Lipinski definition) is 1. The van der Waals surface area contributed by atoms with Crippen molar-refractivity contribution in [3.8, 4) is 39.8 Å². The van der Waals surface area contributed by atoms with Crippen molar-refractivity contribution in [1.29, 1.82) is 5.26 Å². The molecule has 2 heterocycles. The molecule has 1 saturated heterocycles. The predicted octanol–water partition coefficient (Wildman–Crippen LogP) is 7.36. The van der Waals surface area contributed by atoms with Gasteiger partial charge in [-0.15, -0.1) is 0 Å². The Kier molecular flexibility index (Phi) is 14.0. The molecule has 5 rings (SSSR count). The van der Waals surface area contributed by atoms with E-state index in [9.17, 15) is 9.59 Å². The molecule has 1 fully saturated rings. The molecular weight excluding hydrogens is 695 g/mol. The summed E-state index contributed by atoms with van der Waals surface area (Å²) in [5.74, 6) is 1.54. The van der Waals surface area contributed by atoms with Crippen LogP contribution < -0.4 is 20.7 Å². The summed E-state index contributed by atoms with van der Waals surface area (Å²) in [7, 11) is 1.75. The summed E-state index contributed by atoms with van der Waals surface area (Å²) in [6.45, 7) is 10.6. The highest BCUT2D eigenvalue weighted by Crippen LogP contribution is 2.47. The second-order valence-electron chi connectivity index (χ2n) is 13.4. The second-order valence-corrected chi connectivity index (χ2v) is 14.9. The van der Waals surface area contributed by atoms with Gasteiger partial charge >= 0.3 is 5.69 Å². The largest absolute Gasteiger partial charge is 0.497 e. The Morgan fingerprint density at radius 2 is 1.49 bits per heavy atom. The summed E-state index contributed by atoms with van der Waals surface area (Å²) in [4.78, 5) is 27.5. The molecule has 0 radical (unpaired) electrons. The van der Waals surface area contributed by atoms with Crippen molar-refractivity contribution < 1.29 is 28.0 Å². The van der Waals surface area contributed by atoms with Gasteiger partial charge in [-0.25, -0.2) is 9.46 Å². The summed E-state index contributed by atoms with van der Waals surface area (Å²) in [6.07, 6.45) is 0.347. The molecule has 282 valence electrons. The zero-order valence-electron chi connectivity index (χ0n) is 31.4. The van der Waals surface area contributed by atoms with Crippen LogP contribution in [-0.2, 0) is 25.1 Å². The van der Waals surface area contributed by atoms with Gasteiger partial charge < -0.3 is 28.0 Å². The van der Waals surface area contributed by atoms with Crippen LogP contribution in [0.5, 0.6) is 11.5 Å². The Balaban J connectivity index is 1.45. The average molecular weight is 745 g/mol. The third-order valence-electron chi connectivity index (χ3n) is 8.95. The van der Waals surface area contributed by atoms with Crippen LogP contribution in [0.15, 0.2) is 82.5 Å². The summed E-state index contributed by atoms with van der Waals surface area (Å²) in [5.41, 5.74) is 4.41. The van der Waals surface area contributed by atoms with Gasteiger partial charge in [0.05, 0.1) is 52.6 Å². The Morgan fingerprint density at radius 3 is 2.02 bits per heavy atom. The number of hydrogen-bond acceptors (Lipinski definition) is 10. The fourth-order valence-electron chi connectivity index (χ4n) is 6.33. The summed E-state index contributed by atoms with van der Waals surface area (Å²) < 4.78 is 40.1. The van der Waals surface area contributed by atoms with Crippen LogP contribution in [-0.4, -0.2) is 65.9 Å². The molecule has 0 bridgehead atoms. The fourth-order valence-corrected chi connectivity index (χ4v) is 7.94. The van der Waals surface area contributed by atoms with Crippen molar-refractivity contribution in [3.63, 3.8) is 0 Å². The first-order chi connectivity index (χ1) is 25.5. The molecule has 0 aliphatic carbocycles. The molecule has 4 atom stereocenters. The minimum Gasteiger partial charge on any atom is -0.497 e. The second kappa shape index (κ2) is 18.6. The number of nitriles is 1. The van der Waals surface area contributed by atoms with Gasteiger partial charge in [-0.2, -0.15) is 5.26 Å². The lowest BCUT2D eigenvalue weighted by Gasteiger charge is -2.36. The van der Waals surface area contributed by atoms with E-state index in [1.807, 2.05) is 48.5 Å². The first-order valence-corrected chi connectivity index (χ1v) is 18.9. The first-order valence-electron chi connectivity index (χ1n) is 17.7. The summed E-state index contributed by atoms with van der Waals surface area (Å²) >= 11 is 0. The van der Waals surface area contributed by atoms with Crippen LogP contribution in [0.2, 0.25) is 0 Å². The Hall–Kier alpha value is -4.34. The number of nitrogens with zero attached hydrogens (tertiary/aromatic N) is 3. The molecule has 12 nitrogen and oxygen atoms in total. The van der Waals surface area contributed by atoms with Crippen LogP contribution in [0.1, 0.15) is 57.9 Å². The van der Waals surface area contributed by atoms with E-state index in [4.69, 9.17) is 33.3 Å². The molecule has 1 aliphatic heterocycles. The Labute approximate surface area is 312 Å². The van der Waals surface area contributed by atoms with Gasteiger partial charge in [-0.1, -0.05) is 24.3 Å². The topological polar surface area (TPSA) is 137 Å². The van der Waals surface area contributed by atoms with E-state index in [0.717, 1.165) is 39.3 Å². The van der Waals surface area contributed by atoms with Crippen LogP contribution in [0.4, 0.5) is 0 Å².